The molecule has 0 amide bonds. The lowest BCUT2D eigenvalue weighted by Crippen LogP contribution is -2.11. The summed E-state index contributed by atoms with van der Waals surface area (Å²) in [5.41, 5.74) is -1.08. The summed E-state index contributed by atoms with van der Waals surface area (Å²) < 4.78 is 13.7. The van der Waals surface area contributed by atoms with Gasteiger partial charge in [-0.3, -0.25) is 4.98 Å². The maximum Gasteiger partial charge on any atom is 0.148 e. The van der Waals surface area contributed by atoms with Gasteiger partial charge >= 0.3 is 0 Å². The molecule has 0 radical (unpaired) electrons. The third kappa shape index (κ3) is 2.22. The number of hydrogen-bond acceptors (Lipinski definition) is 2. The van der Waals surface area contributed by atoms with E-state index in [1.165, 1.54) is 26.2 Å². The molecule has 1 heterocycles. The van der Waals surface area contributed by atoms with Crippen LogP contribution in [0.3, 0.4) is 0 Å². The molecule has 0 aromatic carbocycles. The lowest BCUT2D eigenvalue weighted by atomic mass is 10.1. The van der Waals surface area contributed by atoms with Gasteiger partial charge in [-0.15, -0.1) is 0 Å². The largest absolute Gasteiger partial charge is 0.260 e. The minimum Gasteiger partial charge on any atom is -0.260 e. The summed E-state index contributed by atoms with van der Waals surface area (Å²) in [6.45, 7) is 2.90. The Morgan fingerprint density at radius 1 is 1.45 bits per heavy atom. The van der Waals surface area contributed by atoms with Crippen LogP contribution in [0.15, 0.2) is 17.0 Å². The first kappa shape index (κ1) is 8.59. The molecule has 1 aromatic heterocycles. The molecule has 0 N–H and O–H groups in total. The van der Waals surface area contributed by atoms with Crippen LogP contribution in [0.2, 0.25) is 0 Å². The topological polar surface area (TPSA) is 25.8 Å². The van der Waals surface area contributed by atoms with Crippen LogP contribution in [-0.4, -0.2) is 9.97 Å². The van der Waals surface area contributed by atoms with Crippen LogP contribution in [0.1, 0.15) is 19.5 Å². The summed E-state index contributed by atoms with van der Waals surface area (Å²) in [6.07, 6.45) is 2.94. The van der Waals surface area contributed by atoms with Gasteiger partial charge in [0.1, 0.15) is 10.3 Å². The van der Waals surface area contributed by atoms with Crippen molar-refractivity contribution in [3.8, 4) is 0 Å². The molecule has 60 valence electrons. The van der Waals surface area contributed by atoms with Gasteiger partial charge in [-0.05, 0) is 29.8 Å². The van der Waals surface area contributed by atoms with Crippen molar-refractivity contribution in [1.82, 2.24) is 9.97 Å². The molecule has 0 saturated carbocycles. The minimum absolute atomic E-state index is 0.340. The zero-order valence-electron chi connectivity index (χ0n) is 6.31. The van der Waals surface area contributed by atoms with Crippen LogP contribution < -0.4 is 0 Å². The highest BCUT2D eigenvalue weighted by molar-refractivity contribution is 9.10. The maximum absolute atomic E-state index is 13.2. The number of halogens is 2. The normalized spacial score (nSPS) is 11.6. The Labute approximate surface area is 73.0 Å². The molecule has 0 aliphatic heterocycles. The average Bonchev–Trinajstić information content (AvgIpc) is 1.86. The lowest BCUT2D eigenvalue weighted by Gasteiger charge is -2.11. The Kier molecular flexibility index (Phi) is 2.23. The first-order valence-electron chi connectivity index (χ1n) is 3.17. The smallest absolute Gasteiger partial charge is 0.148 e. The summed E-state index contributed by atoms with van der Waals surface area (Å²) in [7, 11) is 0. The molecule has 0 aliphatic rings. The summed E-state index contributed by atoms with van der Waals surface area (Å²) >= 11 is 3.11. The van der Waals surface area contributed by atoms with Gasteiger partial charge in [0.05, 0.1) is 18.1 Å². The molecule has 1 aromatic rings. The number of rotatable bonds is 1. The van der Waals surface area contributed by atoms with Crippen molar-refractivity contribution in [3.05, 3.63) is 22.7 Å². The van der Waals surface area contributed by atoms with Crippen LogP contribution in [-0.2, 0) is 5.67 Å². The quantitative estimate of drug-likeness (QED) is 0.724. The fraction of sp³-hybridized carbons (Fsp3) is 0.429. The van der Waals surface area contributed by atoms with Crippen molar-refractivity contribution in [1.29, 1.82) is 0 Å². The second-order valence-electron chi connectivity index (χ2n) is 2.70. The highest BCUT2D eigenvalue weighted by Crippen LogP contribution is 2.22. The Morgan fingerprint density at radius 3 is 2.45 bits per heavy atom. The zero-order valence-corrected chi connectivity index (χ0v) is 7.89. The molecule has 0 aliphatic carbocycles. The molecular formula is C7H8BrFN2. The second kappa shape index (κ2) is 2.85. The summed E-state index contributed by atoms with van der Waals surface area (Å²) in [6, 6.07) is 0. The molecule has 1 rings (SSSR count). The van der Waals surface area contributed by atoms with E-state index in [0.29, 0.717) is 10.3 Å². The predicted octanol–water partition coefficient (Wildman–Crippen LogP) is 2.44. The van der Waals surface area contributed by atoms with Crippen LogP contribution >= 0.6 is 15.9 Å². The number of aromatic nitrogens is 2. The standard InChI is InChI=1S/C7H8BrFN2/c1-7(2,9)5-3-10-4-6(8)11-5/h3-4H,1-2H3. The molecule has 0 atom stereocenters. The first-order chi connectivity index (χ1) is 5.00. The molecule has 0 spiro atoms. The lowest BCUT2D eigenvalue weighted by molar-refractivity contribution is 0.213. The van der Waals surface area contributed by atoms with Crippen LogP contribution in [0.5, 0.6) is 0 Å². The molecule has 4 heteroatoms. The van der Waals surface area contributed by atoms with E-state index >= 15 is 0 Å². The van der Waals surface area contributed by atoms with E-state index in [4.69, 9.17) is 0 Å². The van der Waals surface area contributed by atoms with Gasteiger partial charge in [0, 0.05) is 0 Å². The number of hydrogen-bond donors (Lipinski definition) is 0. The zero-order chi connectivity index (χ0) is 8.48. The molecule has 2 nitrogen and oxygen atoms in total. The Bertz CT molecular complexity index is 257. The highest BCUT2D eigenvalue weighted by Gasteiger charge is 2.20. The van der Waals surface area contributed by atoms with Crippen molar-refractivity contribution in [2.24, 2.45) is 0 Å². The van der Waals surface area contributed by atoms with Gasteiger partial charge in [0.25, 0.3) is 0 Å². The third-order valence-electron chi connectivity index (χ3n) is 1.21. The van der Waals surface area contributed by atoms with E-state index in [1.807, 2.05) is 0 Å². The van der Waals surface area contributed by atoms with Crippen LogP contribution in [0, 0.1) is 0 Å². The SMILES string of the molecule is CC(C)(F)c1cncc(Br)n1. The van der Waals surface area contributed by atoms with Gasteiger partial charge in [-0.2, -0.15) is 0 Å². The highest BCUT2D eigenvalue weighted by atomic mass is 79.9. The van der Waals surface area contributed by atoms with Crippen molar-refractivity contribution < 1.29 is 4.39 Å². The molecule has 11 heavy (non-hydrogen) atoms. The average molecular weight is 219 g/mol. The van der Waals surface area contributed by atoms with Crippen molar-refractivity contribution in [2.75, 3.05) is 0 Å². The Balaban J connectivity index is 3.06. The van der Waals surface area contributed by atoms with E-state index in [2.05, 4.69) is 25.9 Å². The van der Waals surface area contributed by atoms with Gasteiger partial charge in [-0.1, -0.05) is 0 Å². The first-order valence-corrected chi connectivity index (χ1v) is 3.96. The van der Waals surface area contributed by atoms with E-state index < -0.39 is 5.67 Å². The van der Waals surface area contributed by atoms with Gasteiger partial charge in [0.2, 0.25) is 0 Å². The minimum atomic E-state index is -1.42. The number of nitrogens with zero attached hydrogens (tertiary/aromatic N) is 2. The molecule has 0 saturated heterocycles. The fourth-order valence-electron chi connectivity index (χ4n) is 0.629. The van der Waals surface area contributed by atoms with E-state index in [-0.39, 0.29) is 0 Å². The Morgan fingerprint density at radius 2 is 2.09 bits per heavy atom. The third-order valence-corrected chi connectivity index (χ3v) is 1.60. The van der Waals surface area contributed by atoms with Crippen molar-refractivity contribution >= 4 is 15.9 Å². The van der Waals surface area contributed by atoms with E-state index in [1.54, 1.807) is 0 Å². The van der Waals surface area contributed by atoms with Gasteiger partial charge < -0.3 is 0 Å². The van der Waals surface area contributed by atoms with Crippen LogP contribution in [0.4, 0.5) is 4.39 Å². The Hall–Kier alpha value is -0.510. The molecule has 0 bridgehead atoms. The predicted molar refractivity (Wildman–Crippen MR) is 43.9 cm³/mol. The second-order valence-corrected chi connectivity index (χ2v) is 3.51. The summed E-state index contributed by atoms with van der Waals surface area (Å²) in [5, 5.41) is 0. The monoisotopic (exact) mass is 218 g/mol. The fourth-order valence-corrected chi connectivity index (χ4v) is 0.938. The summed E-state index contributed by atoms with van der Waals surface area (Å²) in [4.78, 5) is 7.72. The van der Waals surface area contributed by atoms with Gasteiger partial charge in [-0.25, -0.2) is 9.37 Å². The van der Waals surface area contributed by atoms with Gasteiger partial charge in [0.15, 0.2) is 0 Å². The summed E-state index contributed by atoms with van der Waals surface area (Å²) in [5.74, 6) is 0. The maximum atomic E-state index is 13.2. The number of alkyl halides is 1. The molecule has 0 fully saturated rings. The van der Waals surface area contributed by atoms with E-state index in [9.17, 15) is 4.39 Å². The molecule has 0 unspecified atom stereocenters. The van der Waals surface area contributed by atoms with E-state index in [0.717, 1.165) is 0 Å². The van der Waals surface area contributed by atoms with Crippen molar-refractivity contribution in [2.45, 2.75) is 19.5 Å². The van der Waals surface area contributed by atoms with Crippen LogP contribution in [0.25, 0.3) is 0 Å². The molecular weight excluding hydrogens is 211 g/mol. The van der Waals surface area contributed by atoms with Crippen molar-refractivity contribution in [3.63, 3.8) is 0 Å².